The first-order chi connectivity index (χ1) is 14.7. The molecule has 156 valence electrons. The third-order valence-corrected chi connectivity index (χ3v) is 6.57. The number of hydrogen-bond acceptors (Lipinski definition) is 3. The van der Waals surface area contributed by atoms with Gasteiger partial charge in [-0.2, -0.15) is 0 Å². The number of piperidine rings is 2. The molecule has 2 fully saturated rings. The van der Waals surface area contributed by atoms with Gasteiger partial charge in [0.05, 0.1) is 5.41 Å². The summed E-state index contributed by atoms with van der Waals surface area (Å²) in [4.78, 5) is 27.7. The number of carbonyl (C=O) groups is 2. The standard InChI is InChI=1S/C26H30N2O2/c29-24-17-18-26(25(30)27-24,22-14-5-2-6-15-22)23-16-8-10-20-28(23)19-9-7-13-21-11-3-1-4-12-21/h1-7,11-15,23H,8-10,16-20H2,(H,27,29,30). The molecule has 2 heterocycles. The van der Waals surface area contributed by atoms with Gasteiger partial charge in [0, 0.05) is 19.0 Å². The molecule has 4 nitrogen and oxygen atoms in total. The van der Waals surface area contributed by atoms with Crippen LogP contribution in [0.1, 0.15) is 49.7 Å². The first-order valence-corrected chi connectivity index (χ1v) is 11.1. The summed E-state index contributed by atoms with van der Waals surface area (Å²) >= 11 is 0. The highest BCUT2D eigenvalue weighted by atomic mass is 16.2. The maximum Gasteiger partial charge on any atom is 0.238 e. The van der Waals surface area contributed by atoms with E-state index in [4.69, 9.17) is 0 Å². The average molecular weight is 403 g/mol. The Morgan fingerprint density at radius 3 is 2.47 bits per heavy atom. The van der Waals surface area contributed by atoms with Crippen LogP contribution in [0.15, 0.2) is 66.7 Å². The summed E-state index contributed by atoms with van der Waals surface area (Å²) < 4.78 is 0. The number of imide groups is 1. The summed E-state index contributed by atoms with van der Waals surface area (Å²) in [6, 6.07) is 20.5. The van der Waals surface area contributed by atoms with Crippen LogP contribution in [0.3, 0.4) is 0 Å². The van der Waals surface area contributed by atoms with Crippen molar-refractivity contribution in [3.63, 3.8) is 0 Å². The molecule has 0 spiro atoms. The number of hydrogen-bond donors (Lipinski definition) is 1. The number of rotatable bonds is 6. The highest BCUT2D eigenvalue weighted by Crippen LogP contribution is 2.42. The number of nitrogens with zero attached hydrogens (tertiary/aromatic N) is 1. The second-order valence-electron chi connectivity index (χ2n) is 8.36. The molecular formula is C26H30N2O2. The minimum absolute atomic E-state index is 0.117. The molecule has 4 rings (SSSR count). The van der Waals surface area contributed by atoms with E-state index < -0.39 is 5.41 Å². The minimum Gasteiger partial charge on any atom is -0.299 e. The lowest BCUT2D eigenvalue weighted by Gasteiger charge is -2.49. The second kappa shape index (κ2) is 9.40. The molecule has 2 aromatic carbocycles. The Bertz CT molecular complexity index is 894. The zero-order valence-electron chi connectivity index (χ0n) is 17.4. The monoisotopic (exact) mass is 402 g/mol. The number of carbonyl (C=O) groups excluding carboxylic acids is 2. The van der Waals surface area contributed by atoms with Crippen molar-refractivity contribution >= 4 is 17.9 Å². The van der Waals surface area contributed by atoms with Crippen LogP contribution in [-0.4, -0.2) is 35.8 Å². The Balaban J connectivity index is 1.56. The molecule has 2 aliphatic rings. The molecule has 2 amide bonds. The minimum atomic E-state index is -0.654. The van der Waals surface area contributed by atoms with Crippen molar-refractivity contribution in [1.82, 2.24) is 10.2 Å². The number of amides is 2. The summed E-state index contributed by atoms with van der Waals surface area (Å²) in [6.07, 6.45) is 9.58. The molecule has 0 aliphatic carbocycles. The molecule has 0 bridgehead atoms. The quantitative estimate of drug-likeness (QED) is 0.732. The molecule has 4 heteroatoms. The highest BCUT2D eigenvalue weighted by Gasteiger charge is 2.52. The highest BCUT2D eigenvalue weighted by molar-refractivity contribution is 6.04. The van der Waals surface area contributed by atoms with E-state index in [0.29, 0.717) is 12.8 Å². The molecule has 0 aromatic heterocycles. The van der Waals surface area contributed by atoms with Crippen LogP contribution in [0.5, 0.6) is 0 Å². The molecule has 2 aromatic rings. The number of likely N-dealkylation sites (tertiary alicyclic amines) is 1. The van der Waals surface area contributed by atoms with E-state index in [2.05, 4.69) is 46.6 Å². The van der Waals surface area contributed by atoms with E-state index in [1.54, 1.807) is 0 Å². The molecular weight excluding hydrogens is 372 g/mol. The summed E-state index contributed by atoms with van der Waals surface area (Å²) in [6.45, 7) is 1.92. The van der Waals surface area contributed by atoms with Gasteiger partial charge in [-0.15, -0.1) is 0 Å². The fraction of sp³-hybridized carbons (Fsp3) is 0.385. The van der Waals surface area contributed by atoms with Gasteiger partial charge in [-0.05, 0) is 43.4 Å². The van der Waals surface area contributed by atoms with E-state index in [9.17, 15) is 9.59 Å². The Morgan fingerprint density at radius 1 is 1.00 bits per heavy atom. The molecule has 0 radical (unpaired) electrons. The predicted molar refractivity (Wildman–Crippen MR) is 120 cm³/mol. The molecule has 1 N–H and O–H groups in total. The van der Waals surface area contributed by atoms with Gasteiger partial charge < -0.3 is 0 Å². The summed E-state index contributed by atoms with van der Waals surface area (Å²) in [7, 11) is 0. The first kappa shape index (κ1) is 20.5. The topological polar surface area (TPSA) is 49.4 Å². The predicted octanol–water partition coefficient (Wildman–Crippen LogP) is 4.32. The fourth-order valence-electron chi connectivity index (χ4n) is 5.09. The SMILES string of the molecule is O=C1CCC(c2ccccc2)(C2CCCCN2CCC=Cc2ccccc2)C(=O)N1. The first-order valence-electron chi connectivity index (χ1n) is 11.1. The van der Waals surface area contributed by atoms with Gasteiger partial charge in [0.15, 0.2) is 0 Å². The van der Waals surface area contributed by atoms with Crippen LogP contribution in [0.25, 0.3) is 6.08 Å². The maximum absolute atomic E-state index is 13.3. The summed E-state index contributed by atoms with van der Waals surface area (Å²) in [5.74, 6) is -0.276. The lowest BCUT2D eigenvalue weighted by Crippen LogP contribution is -2.63. The van der Waals surface area contributed by atoms with E-state index in [-0.39, 0.29) is 17.9 Å². The fourth-order valence-corrected chi connectivity index (χ4v) is 5.09. The van der Waals surface area contributed by atoms with Crippen molar-refractivity contribution in [2.45, 2.75) is 50.0 Å². The van der Waals surface area contributed by atoms with Crippen molar-refractivity contribution in [2.75, 3.05) is 13.1 Å². The Hall–Kier alpha value is -2.72. The van der Waals surface area contributed by atoms with Crippen LogP contribution in [0.2, 0.25) is 0 Å². The largest absolute Gasteiger partial charge is 0.299 e. The summed E-state index contributed by atoms with van der Waals surface area (Å²) in [5, 5.41) is 2.66. The molecule has 0 saturated carbocycles. The van der Waals surface area contributed by atoms with Gasteiger partial charge in [0.25, 0.3) is 0 Å². The molecule has 2 aliphatic heterocycles. The molecule has 30 heavy (non-hydrogen) atoms. The van der Waals surface area contributed by atoms with Crippen LogP contribution >= 0.6 is 0 Å². The number of nitrogens with one attached hydrogen (secondary N) is 1. The van der Waals surface area contributed by atoms with Crippen LogP contribution < -0.4 is 5.32 Å². The third kappa shape index (κ3) is 4.24. The van der Waals surface area contributed by atoms with Gasteiger partial charge in [-0.3, -0.25) is 19.8 Å². The zero-order valence-corrected chi connectivity index (χ0v) is 17.4. The zero-order chi connectivity index (χ0) is 20.8. The van der Waals surface area contributed by atoms with Crippen LogP contribution in [-0.2, 0) is 15.0 Å². The van der Waals surface area contributed by atoms with Gasteiger partial charge in [0.2, 0.25) is 11.8 Å². The van der Waals surface area contributed by atoms with Crippen molar-refractivity contribution in [3.8, 4) is 0 Å². The normalized spacial score (nSPS) is 25.4. The third-order valence-electron chi connectivity index (χ3n) is 6.57. The van der Waals surface area contributed by atoms with E-state index in [1.165, 1.54) is 5.56 Å². The lowest BCUT2D eigenvalue weighted by molar-refractivity contribution is -0.141. The molecule has 2 unspecified atom stereocenters. The van der Waals surface area contributed by atoms with E-state index >= 15 is 0 Å². The van der Waals surface area contributed by atoms with Crippen molar-refractivity contribution in [3.05, 3.63) is 77.9 Å². The van der Waals surface area contributed by atoms with Crippen LogP contribution in [0.4, 0.5) is 0 Å². The Morgan fingerprint density at radius 2 is 1.73 bits per heavy atom. The Labute approximate surface area is 179 Å². The second-order valence-corrected chi connectivity index (χ2v) is 8.36. The smallest absolute Gasteiger partial charge is 0.238 e. The van der Waals surface area contributed by atoms with Crippen molar-refractivity contribution in [2.24, 2.45) is 0 Å². The van der Waals surface area contributed by atoms with Crippen LogP contribution in [0, 0.1) is 0 Å². The van der Waals surface area contributed by atoms with Crippen molar-refractivity contribution < 1.29 is 9.59 Å². The van der Waals surface area contributed by atoms with Gasteiger partial charge in [0.1, 0.15) is 0 Å². The van der Waals surface area contributed by atoms with Gasteiger partial charge >= 0.3 is 0 Å². The molecule has 2 saturated heterocycles. The lowest BCUT2D eigenvalue weighted by atomic mass is 9.65. The van der Waals surface area contributed by atoms with E-state index in [0.717, 1.165) is 44.3 Å². The van der Waals surface area contributed by atoms with Gasteiger partial charge in [-0.25, -0.2) is 0 Å². The average Bonchev–Trinajstić information content (AvgIpc) is 2.79. The molecule has 2 atom stereocenters. The van der Waals surface area contributed by atoms with E-state index in [1.807, 2.05) is 36.4 Å². The van der Waals surface area contributed by atoms with Gasteiger partial charge in [-0.1, -0.05) is 79.2 Å². The Kier molecular flexibility index (Phi) is 6.44. The number of benzene rings is 2. The maximum atomic E-state index is 13.3. The summed E-state index contributed by atoms with van der Waals surface area (Å²) in [5.41, 5.74) is 1.59. The van der Waals surface area contributed by atoms with Crippen molar-refractivity contribution in [1.29, 1.82) is 0 Å².